The Bertz CT molecular complexity index is 1320. The van der Waals surface area contributed by atoms with Gasteiger partial charge in [0.2, 0.25) is 5.91 Å². The monoisotopic (exact) mass is 441 g/mol. The van der Waals surface area contributed by atoms with E-state index in [0.29, 0.717) is 30.8 Å². The van der Waals surface area contributed by atoms with Crippen LogP contribution in [-0.2, 0) is 11.2 Å². The number of hydrogen-bond acceptors (Lipinski definition) is 5. The van der Waals surface area contributed by atoms with Gasteiger partial charge >= 0.3 is 0 Å². The fourth-order valence-corrected chi connectivity index (χ4v) is 4.19. The number of benzene rings is 2. The van der Waals surface area contributed by atoms with Gasteiger partial charge in [-0.05, 0) is 47.0 Å². The molecule has 1 aliphatic heterocycles. The largest absolute Gasteiger partial charge is 0.497 e. The van der Waals surface area contributed by atoms with Crippen LogP contribution in [0.25, 0.3) is 22.1 Å². The molecule has 2 amide bonds. The lowest BCUT2D eigenvalue weighted by Gasteiger charge is -2.34. The van der Waals surface area contributed by atoms with Gasteiger partial charge in [-0.25, -0.2) is 0 Å². The molecule has 3 heterocycles. The van der Waals surface area contributed by atoms with Gasteiger partial charge in [0, 0.05) is 37.3 Å². The molecule has 1 fully saturated rings. The van der Waals surface area contributed by atoms with Crippen LogP contribution in [0, 0.1) is 0 Å². The van der Waals surface area contributed by atoms with Crippen molar-refractivity contribution in [3.05, 3.63) is 84.4 Å². The Hall–Kier alpha value is -4.13. The summed E-state index contributed by atoms with van der Waals surface area (Å²) in [6, 6.07) is 18.3. The first kappa shape index (κ1) is 20.8. The quantitative estimate of drug-likeness (QED) is 0.511. The minimum absolute atomic E-state index is 0.167. The second kappa shape index (κ2) is 8.78. The molecule has 1 N–H and O–H groups in total. The summed E-state index contributed by atoms with van der Waals surface area (Å²) in [4.78, 5) is 31.9. The smallest absolute Gasteiger partial charge is 0.290 e. The van der Waals surface area contributed by atoms with Crippen LogP contribution in [-0.4, -0.2) is 47.9 Å². The molecule has 0 saturated carbocycles. The van der Waals surface area contributed by atoms with Crippen LogP contribution in [0.1, 0.15) is 16.1 Å². The van der Waals surface area contributed by atoms with Gasteiger partial charge in [0.05, 0.1) is 7.11 Å². The van der Waals surface area contributed by atoms with E-state index in [9.17, 15) is 9.59 Å². The molecule has 33 heavy (non-hydrogen) atoms. The van der Waals surface area contributed by atoms with E-state index in [0.717, 1.165) is 22.1 Å². The van der Waals surface area contributed by atoms with Crippen LogP contribution in [0.4, 0.5) is 0 Å². The number of nitrogens with zero attached hydrogens (tertiary/aromatic N) is 2. The molecule has 0 radical (unpaired) electrons. The molecule has 166 valence electrons. The molecule has 2 aromatic carbocycles. The minimum atomic E-state index is -0.627. The van der Waals surface area contributed by atoms with Crippen LogP contribution < -0.4 is 10.1 Å². The number of rotatable bonds is 5. The molecule has 0 spiro atoms. The second-order valence-electron chi connectivity index (χ2n) is 7.97. The average Bonchev–Trinajstić information content (AvgIpc) is 3.29. The van der Waals surface area contributed by atoms with E-state index >= 15 is 0 Å². The third-order valence-corrected chi connectivity index (χ3v) is 5.88. The Morgan fingerprint density at radius 2 is 2.03 bits per heavy atom. The van der Waals surface area contributed by atoms with Crippen molar-refractivity contribution >= 4 is 22.8 Å². The Morgan fingerprint density at radius 1 is 1.15 bits per heavy atom. The second-order valence-corrected chi connectivity index (χ2v) is 7.97. The number of pyridine rings is 1. The first-order valence-electron chi connectivity index (χ1n) is 10.8. The van der Waals surface area contributed by atoms with Crippen LogP contribution in [0.3, 0.4) is 0 Å². The zero-order valence-corrected chi connectivity index (χ0v) is 18.2. The highest BCUT2D eigenvalue weighted by Gasteiger charge is 2.35. The fraction of sp³-hybridized carbons (Fsp3) is 0.192. The van der Waals surface area contributed by atoms with Crippen LogP contribution in [0.5, 0.6) is 5.75 Å². The molecule has 1 saturated heterocycles. The average molecular weight is 441 g/mol. The maximum absolute atomic E-state index is 13.4. The zero-order valence-electron chi connectivity index (χ0n) is 18.2. The van der Waals surface area contributed by atoms with E-state index in [4.69, 9.17) is 9.15 Å². The SMILES string of the molecule is COc1ccc2oc(C(=O)N3CCNC(=O)C3Cc3cccc(-c4cccnc4)c3)cc2c1. The van der Waals surface area contributed by atoms with Gasteiger partial charge in [0.25, 0.3) is 5.91 Å². The van der Waals surface area contributed by atoms with E-state index in [-0.39, 0.29) is 17.6 Å². The molecular weight excluding hydrogens is 418 g/mol. The molecule has 7 heteroatoms. The lowest BCUT2D eigenvalue weighted by atomic mass is 9.98. The van der Waals surface area contributed by atoms with Crippen molar-refractivity contribution in [2.24, 2.45) is 0 Å². The number of amides is 2. The van der Waals surface area contributed by atoms with Gasteiger partial charge in [-0.15, -0.1) is 0 Å². The number of furan rings is 1. The van der Waals surface area contributed by atoms with E-state index in [1.54, 1.807) is 42.6 Å². The molecule has 0 aliphatic carbocycles. The van der Waals surface area contributed by atoms with E-state index < -0.39 is 6.04 Å². The standard InChI is InChI=1S/C26H23N3O4/c1-32-21-7-8-23-20(14-21)15-24(33-23)26(31)29-11-10-28-25(30)22(29)13-17-4-2-5-18(12-17)19-6-3-9-27-16-19/h2-9,12,14-16,22H,10-11,13H2,1H3,(H,28,30). The van der Waals surface area contributed by atoms with Crippen molar-refractivity contribution in [1.29, 1.82) is 0 Å². The summed E-state index contributed by atoms with van der Waals surface area (Å²) in [5, 5.41) is 3.66. The number of ether oxygens (including phenoxy) is 1. The lowest BCUT2D eigenvalue weighted by Crippen LogP contribution is -2.58. The number of methoxy groups -OCH3 is 1. The Morgan fingerprint density at radius 3 is 2.85 bits per heavy atom. The number of nitrogens with one attached hydrogen (secondary N) is 1. The predicted molar refractivity (Wildman–Crippen MR) is 124 cm³/mol. The van der Waals surface area contributed by atoms with E-state index in [2.05, 4.69) is 10.3 Å². The summed E-state index contributed by atoms with van der Waals surface area (Å²) in [5.74, 6) is 0.431. The maximum Gasteiger partial charge on any atom is 0.290 e. The summed E-state index contributed by atoms with van der Waals surface area (Å²) in [6.45, 7) is 0.822. The molecule has 1 atom stereocenters. The van der Waals surface area contributed by atoms with Crippen LogP contribution >= 0.6 is 0 Å². The van der Waals surface area contributed by atoms with Crippen molar-refractivity contribution in [3.63, 3.8) is 0 Å². The molecule has 4 aromatic rings. The highest BCUT2D eigenvalue weighted by Crippen LogP contribution is 2.26. The van der Waals surface area contributed by atoms with Crippen molar-refractivity contribution in [3.8, 4) is 16.9 Å². The first-order chi connectivity index (χ1) is 16.1. The van der Waals surface area contributed by atoms with E-state index in [1.807, 2.05) is 42.5 Å². The maximum atomic E-state index is 13.4. The Balaban J connectivity index is 1.42. The highest BCUT2D eigenvalue weighted by atomic mass is 16.5. The summed E-state index contributed by atoms with van der Waals surface area (Å²) in [6.07, 6.45) is 3.94. The van der Waals surface area contributed by atoms with Gasteiger partial charge in [0.1, 0.15) is 17.4 Å². The topological polar surface area (TPSA) is 84.7 Å². The minimum Gasteiger partial charge on any atom is -0.497 e. The molecule has 7 nitrogen and oxygen atoms in total. The Labute approximate surface area is 191 Å². The molecule has 2 aromatic heterocycles. The Kier molecular flexibility index (Phi) is 5.52. The van der Waals surface area contributed by atoms with Gasteiger partial charge in [-0.3, -0.25) is 14.6 Å². The van der Waals surface area contributed by atoms with Crippen LogP contribution in [0.15, 0.2) is 77.5 Å². The summed E-state index contributed by atoms with van der Waals surface area (Å²) < 4.78 is 11.1. The van der Waals surface area contributed by atoms with Crippen molar-refractivity contribution < 1.29 is 18.7 Å². The number of hydrogen-bond donors (Lipinski definition) is 1. The normalized spacial score (nSPS) is 16.0. The van der Waals surface area contributed by atoms with Gasteiger partial charge in [-0.2, -0.15) is 0 Å². The molecule has 1 aliphatic rings. The van der Waals surface area contributed by atoms with E-state index in [1.165, 1.54) is 0 Å². The van der Waals surface area contributed by atoms with Gasteiger partial charge in [-0.1, -0.05) is 30.3 Å². The van der Waals surface area contributed by atoms with Crippen molar-refractivity contribution in [2.75, 3.05) is 20.2 Å². The fourth-order valence-electron chi connectivity index (χ4n) is 4.19. The molecule has 1 unspecified atom stereocenters. The first-order valence-corrected chi connectivity index (χ1v) is 10.8. The summed E-state index contributed by atoms with van der Waals surface area (Å²) >= 11 is 0. The summed E-state index contributed by atoms with van der Waals surface area (Å²) in [5.41, 5.74) is 3.57. The van der Waals surface area contributed by atoms with Gasteiger partial charge in [0.15, 0.2) is 5.76 Å². The number of carbonyl (C=O) groups is 2. The van der Waals surface area contributed by atoms with Crippen molar-refractivity contribution in [1.82, 2.24) is 15.2 Å². The van der Waals surface area contributed by atoms with Gasteiger partial charge < -0.3 is 19.4 Å². The van der Waals surface area contributed by atoms with Crippen molar-refractivity contribution in [2.45, 2.75) is 12.5 Å². The van der Waals surface area contributed by atoms with Crippen LogP contribution in [0.2, 0.25) is 0 Å². The summed E-state index contributed by atoms with van der Waals surface area (Å²) in [7, 11) is 1.59. The number of piperazine rings is 1. The molecule has 5 rings (SSSR count). The number of fused-ring (bicyclic) bond motifs is 1. The third-order valence-electron chi connectivity index (χ3n) is 5.88. The molecule has 0 bridgehead atoms. The predicted octanol–water partition coefficient (Wildman–Crippen LogP) is 3.69. The zero-order chi connectivity index (χ0) is 22.8. The molecular formula is C26H23N3O4. The lowest BCUT2D eigenvalue weighted by molar-refractivity contribution is -0.127. The number of aromatic nitrogens is 1. The number of carbonyl (C=O) groups excluding carboxylic acids is 2. The third kappa shape index (κ3) is 4.17. The highest BCUT2D eigenvalue weighted by molar-refractivity contribution is 5.99.